The van der Waals surface area contributed by atoms with Crippen molar-refractivity contribution in [2.45, 2.75) is 5.92 Å². The fourth-order valence-corrected chi connectivity index (χ4v) is 3.91. The summed E-state index contributed by atoms with van der Waals surface area (Å²) in [4.78, 5) is 17.9. The number of aromatic nitrogens is 1. The van der Waals surface area contributed by atoms with Crippen LogP contribution in [0.1, 0.15) is 21.8 Å². The van der Waals surface area contributed by atoms with Gasteiger partial charge in [-0.15, -0.1) is 0 Å². The van der Waals surface area contributed by atoms with Gasteiger partial charge in [0.05, 0.1) is 0 Å². The van der Waals surface area contributed by atoms with Crippen molar-refractivity contribution in [3.63, 3.8) is 0 Å². The third kappa shape index (κ3) is 2.23. The molecule has 0 bridgehead atoms. The van der Waals surface area contributed by atoms with Crippen molar-refractivity contribution in [3.8, 4) is 11.3 Å². The van der Waals surface area contributed by atoms with Crippen molar-refractivity contribution in [2.24, 2.45) is 5.92 Å². The van der Waals surface area contributed by atoms with Crippen LogP contribution in [-0.4, -0.2) is 42.5 Å². The van der Waals surface area contributed by atoms with E-state index in [4.69, 9.17) is 11.6 Å². The third-order valence-corrected chi connectivity index (χ3v) is 5.03. The second kappa shape index (κ2) is 5.14. The van der Waals surface area contributed by atoms with E-state index in [-0.39, 0.29) is 5.91 Å². The molecule has 2 unspecified atom stereocenters. The van der Waals surface area contributed by atoms with Gasteiger partial charge < -0.3 is 15.2 Å². The number of hydrogen-bond donors (Lipinski definition) is 2. The standard InChI is InChI=1S/C17H18ClN3O/c1-21-8-11-7-19-17(22)13-6-10(15-4-5-16(18)20-15)2-3-12(13)14(11)9-21/h2-6,11,14,20H,7-9H2,1H3,(H,19,22). The zero-order chi connectivity index (χ0) is 15.3. The summed E-state index contributed by atoms with van der Waals surface area (Å²) >= 11 is 5.96. The highest BCUT2D eigenvalue weighted by Crippen LogP contribution is 2.37. The molecule has 2 aromatic rings. The largest absolute Gasteiger partial charge is 0.352 e. The van der Waals surface area contributed by atoms with E-state index >= 15 is 0 Å². The Morgan fingerprint density at radius 1 is 1.23 bits per heavy atom. The molecule has 2 N–H and O–H groups in total. The fraction of sp³-hybridized carbons (Fsp3) is 0.353. The van der Waals surface area contributed by atoms with Crippen LogP contribution >= 0.6 is 11.6 Å². The van der Waals surface area contributed by atoms with Crippen molar-refractivity contribution in [1.82, 2.24) is 15.2 Å². The zero-order valence-corrected chi connectivity index (χ0v) is 13.2. The molecule has 1 fully saturated rings. The first-order valence-electron chi connectivity index (χ1n) is 7.57. The van der Waals surface area contributed by atoms with Crippen LogP contribution in [0.4, 0.5) is 0 Å². The Labute approximate surface area is 134 Å². The molecule has 1 aromatic heterocycles. The number of amides is 1. The van der Waals surface area contributed by atoms with E-state index in [1.54, 1.807) is 0 Å². The number of hydrogen-bond acceptors (Lipinski definition) is 2. The Morgan fingerprint density at radius 3 is 2.86 bits per heavy atom. The van der Waals surface area contributed by atoms with Gasteiger partial charge in [-0.05, 0) is 42.3 Å². The van der Waals surface area contributed by atoms with Gasteiger partial charge in [-0.25, -0.2) is 0 Å². The molecule has 22 heavy (non-hydrogen) atoms. The Balaban J connectivity index is 1.79. The first-order chi connectivity index (χ1) is 10.6. The Kier molecular flexibility index (Phi) is 3.24. The lowest BCUT2D eigenvalue weighted by molar-refractivity contribution is 0.0951. The van der Waals surface area contributed by atoms with E-state index in [0.29, 0.717) is 17.0 Å². The van der Waals surface area contributed by atoms with E-state index in [9.17, 15) is 4.79 Å². The molecule has 1 amide bonds. The number of halogens is 1. The van der Waals surface area contributed by atoms with Crippen LogP contribution in [0.25, 0.3) is 11.3 Å². The lowest BCUT2D eigenvalue weighted by Crippen LogP contribution is -2.29. The van der Waals surface area contributed by atoms with Crippen LogP contribution in [-0.2, 0) is 0 Å². The topological polar surface area (TPSA) is 48.1 Å². The van der Waals surface area contributed by atoms with Gasteiger partial charge in [0.15, 0.2) is 0 Å². The molecule has 2 atom stereocenters. The zero-order valence-electron chi connectivity index (χ0n) is 12.4. The molecule has 1 saturated heterocycles. The summed E-state index contributed by atoms with van der Waals surface area (Å²) in [5.41, 5.74) is 3.90. The Morgan fingerprint density at radius 2 is 2.09 bits per heavy atom. The summed E-state index contributed by atoms with van der Waals surface area (Å²) in [6, 6.07) is 9.93. The van der Waals surface area contributed by atoms with Crippen molar-refractivity contribution < 1.29 is 4.79 Å². The maximum atomic E-state index is 12.4. The molecule has 2 aliphatic rings. The second-order valence-corrected chi connectivity index (χ2v) is 6.73. The number of aromatic amines is 1. The number of nitrogens with zero attached hydrogens (tertiary/aromatic N) is 1. The highest BCUT2D eigenvalue weighted by atomic mass is 35.5. The van der Waals surface area contributed by atoms with E-state index < -0.39 is 0 Å². The predicted octanol–water partition coefficient (Wildman–Crippen LogP) is 2.72. The summed E-state index contributed by atoms with van der Waals surface area (Å²) < 4.78 is 0. The van der Waals surface area contributed by atoms with Crippen LogP contribution in [0.15, 0.2) is 30.3 Å². The number of fused-ring (bicyclic) bond motifs is 3. The van der Waals surface area contributed by atoms with Crippen molar-refractivity contribution in [3.05, 3.63) is 46.6 Å². The SMILES string of the molecule is CN1CC2CNC(=O)c3cc(-c4ccc(Cl)[nH]4)ccc3C2C1. The summed E-state index contributed by atoms with van der Waals surface area (Å²) in [5, 5.41) is 3.68. The summed E-state index contributed by atoms with van der Waals surface area (Å²) in [5.74, 6) is 0.966. The molecule has 5 heteroatoms. The van der Waals surface area contributed by atoms with Crippen LogP contribution in [0, 0.1) is 5.92 Å². The molecule has 0 saturated carbocycles. The van der Waals surface area contributed by atoms with E-state index in [1.165, 1.54) is 5.56 Å². The molecule has 4 nitrogen and oxygen atoms in total. The molecule has 0 radical (unpaired) electrons. The number of rotatable bonds is 1. The maximum absolute atomic E-state index is 12.4. The van der Waals surface area contributed by atoms with E-state index in [1.807, 2.05) is 18.2 Å². The smallest absolute Gasteiger partial charge is 0.251 e. The summed E-state index contributed by atoms with van der Waals surface area (Å²) in [6.07, 6.45) is 0. The molecule has 4 rings (SSSR count). The first kappa shape index (κ1) is 13.9. The number of nitrogens with one attached hydrogen (secondary N) is 2. The molecular weight excluding hydrogens is 298 g/mol. The molecule has 0 spiro atoms. The number of likely N-dealkylation sites (tertiary alicyclic amines) is 1. The molecular formula is C17H18ClN3O. The molecule has 114 valence electrons. The van der Waals surface area contributed by atoms with E-state index in [2.05, 4.69) is 34.4 Å². The van der Waals surface area contributed by atoms with Gasteiger partial charge in [0.2, 0.25) is 0 Å². The van der Waals surface area contributed by atoms with Crippen molar-refractivity contribution in [2.75, 3.05) is 26.7 Å². The number of likely N-dealkylation sites (N-methyl/N-ethyl adjacent to an activating group) is 1. The van der Waals surface area contributed by atoms with E-state index in [0.717, 1.165) is 36.5 Å². The highest BCUT2D eigenvalue weighted by Gasteiger charge is 2.36. The minimum atomic E-state index is 0.0338. The van der Waals surface area contributed by atoms with Crippen LogP contribution in [0.5, 0.6) is 0 Å². The Hall–Kier alpha value is -1.78. The second-order valence-electron chi connectivity index (χ2n) is 6.32. The Bertz CT molecular complexity index is 739. The van der Waals surface area contributed by atoms with Crippen LogP contribution in [0.3, 0.4) is 0 Å². The summed E-state index contributed by atoms with van der Waals surface area (Å²) in [6.45, 7) is 2.81. The average Bonchev–Trinajstić information content (AvgIpc) is 3.07. The average molecular weight is 316 g/mol. The van der Waals surface area contributed by atoms with Crippen molar-refractivity contribution >= 4 is 17.5 Å². The minimum absolute atomic E-state index is 0.0338. The molecule has 2 aliphatic heterocycles. The van der Waals surface area contributed by atoms with Gasteiger partial charge in [-0.3, -0.25) is 4.79 Å². The predicted molar refractivity (Wildman–Crippen MR) is 87.3 cm³/mol. The number of benzene rings is 1. The summed E-state index contributed by atoms with van der Waals surface area (Å²) in [7, 11) is 2.14. The van der Waals surface area contributed by atoms with Crippen LogP contribution in [0.2, 0.25) is 5.15 Å². The number of H-pyrrole nitrogens is 1. The van der Waals surface area contributed by atoms with Crippen LogP contribution < -0.4 is 5.32 Å². The quantitative estimate of drug-likeness (QED) is 0.850. The van der Waals surface area contributed by atoms with Gasteiger partial charge in [-0.1, -0.05) is 23.7 Å². The first-order valence-corrected chi connectivity index (χ1v) is 7.95. The maximum Gasteiger partial charge on any atom is 0.251 e. The number of carbonyl (C=O) groups excluding carboxylic acids is 1. The monoisotopic (exact) mass is 315 g/mol. The van der Waals surface area contributed by atoms with Gasteiger partial charge in [0, 0.05) is 36.8 Å². The highest BCUT2D eigenvalue weighted by molar-refractivity contribution is 6.29. The lowest BCUT2D eigenvalue weighted by Gasteiger charge is -2.16. The third-order valence-electron chi connectivity index (χ3n) is 4.81. The molecule has 0 aliphatic carbocycles. The van der Waals surface area contributed by atoms with Crippen molar-refractivity contribution in [1.29, 1.82) is 0 Å². The van der Waals surface area contributed by atoms with Gasteiger partial charge in [0.1, 0.15) is 5.15 Å². The normalized spacial score (nSPS) is 24.5. The van der Waals surface area contributed by atoms with Gasteiger partial charge in [0.25, 0.3) is 5.91 Å². The fourth-order valence-electron chi connectivity index (χ4n) is 3.75. The molecule has 1 aromatic carbocycles. The number of carbonyl (C=O) groups is 1. The molecule has 3 heterocycles. The lowest BCUT2D eigenvalue weighted by atomic mass is 9.86. The van der Waals surface area contributed by atoms with Gasteiger partial charge in [-0.2, -0.15) is 0 Å². The van der Waals surface area contributed by atoms with Gasteiger partial charge >= 0.3 is 0 Å². The minimum Gasteiger partial charge on any atom is -0.352 e.